The van der Waals surface area contributed by atoms with Crippen molar-refractivity contribution in [1.29, 1.82) is 0 Å². The van der Waals surface area contributed by atoms with Gasteiger partial charge in [-0.1, -0.05) is 0 Å². The number of hydrogen-bond acceptors (Lipinski definition) is 4. The van der Waals surface area contributed by atoms with E-state index in [1.807, 2.05) is 0 Å². The Kier molecular flexibility index (Phi) is 3.10. The molecule has 4 rings (SSSR count). The second-order valence-corrected chi connectivity index (χ2v) is 7.15. The molecule has 2 aromatic rings. The van der Waals surface area contributed by atoms with Crippen LogP contribution < -0.4 is 11.1 Å². The summed E-state index contributed by atoms with van der Waals surface area (Å²) in [5, 5.41) is 3.95. The molecule has 3 N–H and O–H groups in total. The van der Waals surface area contributed by atoms with Crippen LogP contribution in [0.15, 0.2) is 6.07 Å². The first kappa shape index (κ1) is 13.1. The number of aromatic nitrogens is 1. The minimum Gasteiger partial charge on any atom is -0.397 e. The number of fused-ring (bicyclic) bond motifs is 2. The first-order chi connectivity index (χ1) is 10.2. The van der Waals surface area contributed by atoms with E-state index in [0.717, 1.165) is 29.6 Å². The van der Waals surface area contributed by atoms with Gasteiger partial charge in [0.25, 0.3) is 5.91 Å². The standard InChI is InChI=1S/C16H19N3OS/c17-13-11-7-10-3-1-2-4-12(10)19-16(11)21-14(13)15(20)18-8-9-5-6-9/h7,9H,1-6,8,17H2,(H,18,20). The number of hydrogen-bond donors (Lipinski definition) is 2. The van der Waals surface area contributed by atoms with Crippen LogP contribution in [-0.4, -0.2) is 17.4 Å². The normalized spacial score (nSPS) is 17.7. The molecule has 5 heteroatoms. The minimum atomic E-state index is -0.0413. The quantitative estimate of drug-likeness (QED) is 0.916. The van der Waals surface area contributed by atoms with Gasteiger partial charge >= 0.3 is 0 Å². The molecule has 4 nitrogen and oxygen atoms in total. The lowest BCUT2D eigenvalue weighted by Gasteiger charge is -2.14. The predicted octanol–water partition coefficient (Wildman–Crippen LogP) is 2.90. The van der Waals surface area contributed by atoms with Crippen molar-refractivity contribution in [1.82, 2.24) is 10.3 Å². The summed E-state index contributed by atoms with van der Waals surface area (Å²) in [5.74, 6) is 0.635. The van der Waals surface area contributed by atoms with Gasteiger partial charge in [0.05, 0.1) is 5.69 Å². The van der Waals surface area contributed by atoms with Crippen LogP contribution in [0.3, 0.4) is 0 Å². The molecular formula is C16H19N3OS. The highest BCUT2D eigenvalue weighted by molar-refractivity contribution is 7.21. The van der Waals surface area contributed by atoms with Crippen molar-refractivity contribution in [2.24, 2.45) is 5.92 Å². The van der Waals surface area contributed by atoms with E-state index in [1.165, 1.54) is 48.3 Å². The Morgan fingerprint density at radius 1 is 1.38 bits per heavy atom. The number of nitrogen functional groups attached to an aromatic ring is 1. The van der Waals surface area contributed by atoms with Gasteiger partial charge in [0.2, 0.25) is 0 Å². The lowest BCUT2D eigenvalue weighted by Crippen LogP contribution is -2.25. The molecule has 0 bridgehead atoms. The van der Waals surface area contributed by atoms with Crippen molar-refractivity contribution in [3.8, 4) is 0 Å². The third kappa shape index (κ3) is 2.39. The second-order valence-electron chi connectivity index (χ2n) is 6.15. The van der Waals surface area contributed by atoms with Gasteiger partial charge in [0, 0.05) is 17.6 Å². The summed E-state index contributed by atoms with van der Waals surface area (Å²) in [6.45, 7) is 0.774. The van der Waals surface area contributed by atoms with Crippen molar-refractivity contribution in [2.45, 2.75) is 38.5 Å². The molecule has 2 heterocycles. The maximum Gasteiger partial charge on any atom is 0.263 e. The number of carbonyl (C=O) groups excluding carboxylic acids is 1. The lowest BCUT2D eigenvalue weighted by molar-refractivity contribution is 0.0956. The van der Waals surface area contributed by atoms with E-state index >= 15 is 0 Å². The van der Waals surface area contributed by atoms with Gasteiger partial charge < -0.3 is 11.1 Å². The van der Waals surface area contributed by atoms with Crippen LogP contribution in [0.1, 0.15) is 46.6 Å². The first-order valence-corrected chi connectivity index (χ1v) is 8.53. The van der Waals surface area contributed by atoms with E-state index in [9.17, 15) is 4.79 Å². The zero-order chi connectivity index (χ0) is 14.4. The Labute approximate surface area is 127 Å². The van der Waals surface area contributed by atoms with Gasteiger partial charge in [-0.3, -0.25) is 4.79 Å². The Balaban J connectivity index is 1.69. The number of anilines is 1. The van der Waals surface area contributed by atoms with E-state index in [1.54, 1.807) is 0 Å². The van der Waals surface area contributed by atoms with Gasteiger partial charge in [-0.2, -0.15) is 0 Å². The summed E-state index contributed by atoms with van der Waals surface area (Å²) >= 11 is 1.43. The topological polar surface area (TPSA) is 68.0 Å². The van der Waals surface area contributed by atoms with Crippen LogP contribution in [0.4, 0.5) is 5.69 Å². The number of pyridine rings is 1. The number of thiophene rings is 1. The Bertz CT molecular complexity index is 718. The summed E-state index contributed by atoms with van der Waals surface area (Å²) in [4.78, 5) is 18.6. The third-order valence-corrected chi connectivity index (χ3v) is 5.57. The van der Waals surface area contributed by atoms with Crippen LogP contribution in [0, 0.1) is 5.92 Å². The average Bonchev–Trinajstić information content (AvgIpc) is 3.28. The molecule has 0 saturated heterocycles. The molecule has 2 aromatic heterocycles. The molecule has 110 valence electrons. The van der Waals surface area contributed by atoms with E-state index in [-0.39, 0.29) is 5.91 Å². The molecule has 2 aliphatic rings. The van der Waals surface area contributed by atoms with Crippen LogP contribution in [0.2, 0.25) is 0 Å². The first-order valence-electron chi connectivity index (χ1n) is 7.71. The van der Waals surface area contributed by atoms with Crippen LogP contribution >= 0.6 is 11.3 Å². The number of nitrogens with one attached hydrogen (secondary N) is 1. The highest BCUT2D eigenvalue weighted by Crippen LogP contribution is 2.35. The molecule has 1 amide bonds. The molecule has 0 unspecified atom stereocenters. The zero-order valence-electron chi connectivity index (χ0n) is 11.9. The zero-order valence-corrected chi connectivity index (χ0v) is 12.8. The lowest BCUT2D eigenvalue weighted by atomic mass is 9.95. The fourth-order valence-corrected chi connectivity index (χ4v) is 3.98. The monoisotopic (exact) mass is 301 g/mol. The van der Waals surface area contributed by atoms with Gasteiger partial charge in [-0.15, -0.1) is 11.3 Å². The number of nitrogens with zero attached hydrogens (tertiary/aromatic N) is 1. The molecule has 0 spiro atoms. The fraction of sp³-hybridized carbons (Fsp3) is 0.500. The van der Waals surface area contributed by atoms with Crippen LogP contribution in [-0.2, 0) is 12.8 Å². The number of amides is 1. The molecule has 0 aromatic carbocycles. The summed E-state index contributed by atoms with van der Waals surface area (Å²) in [7, 11) is 0. The molecule has 2 aliphatic carbocycles. The summed E-state index contributed by atoms with van der Waals surface area (Å²) in [5.41, 5.74) is 9.31. The minimum absolute atomic E-state index is 0.0413. The molecule has 0 atom stereocenters. The van der Waals surface area contributed by atoms with E-state index in [4.69, 9.17) is 10.7 Å². The number of aryl methyl sites for hydroxylation is 2. The summed E-state index contributed by atoms with van der Waals surface area (Å²) < 4.78 is 0. The van der Waals surface area contributed by atoms with E-state index < -0.39 is 0 Å². The maximum atomic E-state index is 12.3. The Morgan fingerprint density at radius 3 is 3.00 bits per heavy atom. The molecule has 0 radical (unpaired) electrons. The molecular weight excluding hydrogens is 282 g/mol. The molecule has 1 fully saturated rings. The van der Waals surface area contributed by atoms with Crippen LogP contribution in [0.25, 0.3) is 10.2 Å². The largest absolute Gasteiger partial charge is 0.397 e. The van der Waals surface area contributed by atoms with E-state index in [0.29, 0.717) is 16.5 Å². The molecule has 1 saturated carbocycles. The van der Waals surface area contributed by atoms with Gasteiger partial charge in [0.15, 0.2) is 0 Å². The Hall–Kier alpha value is -1.62. The van der Waals surface area contributed by atoms with Gasteiger partial charge in [-0.25, -0.2) is 4.98 Å². The summed E-state index contributed by atoms with van der Waals surface area (Å²) in [6, 6.07) is 2.15. The van der Waals surface area contributed by atoms with Crippen molar-refractivity contribution >= 4 is 33.1 Å². The second kappa shape index (κ2) is 4.98. The van der Waals surface area contributed by atoms with Crippen molar-refractivity contribution in [3.63, 3.8) is 0 Å². The number of nitrogens with two attached hydrogens (primary N) is 1. The van der Waals surface area contributed by atoms with Gasteiger partial charge in [-0.05, 0) is 56.1 Å². The number of carbonyl (C=O) groups is 1. The van der Waals surface area contributed by atoms with E-state index in [2.05, 4.69) is 11.4 Å². The van der Waals surface area contributed by atoms with Crippen molar-refractivity contribution in [2.75, 3.05) is 12.3 Å². The van der Waals surface area contributed by atoms with Crippen molar-refractivity contribution in [3.05, 3.63) is 22.2 Å². The van der Waals surface area contributed by atoms with Crippen LogP contribution in [0.5, 0.6) is 0 Å². The SMILES string of the molecule is Nc1c(C(=O)NCC2CC2)sc2nc3c(cc12)CCCC3. The highest BCUT2D eigenvalue weighted by Gasteiger charge is 2.24. The molecule has 0 aliphatic heterocycles. The number of rotatable bonds is 3. The summed E-state index contributed by atoms with van der Waals surface area (Å²) in [6.07, 6.45) is 7.02. The predicted molar refractivity (Wildman–Crippen MR) is 85.7 cm³/mol. The highest BCUT2D eigenvalue weighted by atomic mass is 32.1. The maximum absolute atomic E-state index is 12.3. The van der Waals surface area contributed by atoms with Crippen molar-refractivity contribution < 1.29 is 4.79 Å². The fourth-order valence-electron chi connectivity index (χ4n) is 2.97. The average molecular weight is 301 g/mol. The third-order valence-electron chi connectivity index (χ3n) is 4.45. The smallest absolute Gasteiger partial charge is 0.263 e. The Morgan fingerprint density at radius 2 is 2.19 bits per heavy atom. The van der Waals surface area contributed by atoms with Gasteiger partial charge in [0.1, 0.15) is 9.71 Å². The molecule has 21 heavy (non-hydrogen) atoms.